The number of carboxylic acid groups (broad SMARTS) is 1. The van der Waals surface area contributed by atoms with E-state index in [9.17, 15) is 23.1 Å². The lowest BCUT2D eigenvalue weighted by molar-refractivity contribution is -0.120. The van der Waals surface area contributed by atoms with Crippen molar-refractivity contribution in [3.05, 3.63) is 22.3 Å². The average Bonchev–Trinajstić information content (AvgIpc) is 3.12. The monoisotopic (exact) mass is 446 g/mol. The van der Waals surface area contributed by atoms with E-state index in [4.69, 9.17) is 0 Å². The molecule has 1 aliphatic heterocycles. The molecule has 3 atom stereocenters. The number of hydrogen-bond donors (Lipinski definition) is 3. The largest absolute Gasteiger partial charge is 0.465 e. The smallest absolute Gasteiger partial charge is 0.408 e. The summed E-state index contributed by atoms with van der Waals surface area (Å²) < 4.78 is 25.7. The van der Waals surface area contributed by atoms with Crippen LogP contribution in [0.25, 0.3) is 0 Å². The Balaban J connectivity index is 1.77. The SMILES string of the molecule is Cc1ccc(Br)nc1NC(=O)C1CC2(CNS(C)(=O)=O)CC2N1C(=O)O. The molecule has 2 aliphatic rings. The highest BCUT2D eigenvalue weighted by molar-refractivity contribution is 9.10. The number of likely N-dealkylation sites (tertiary alicyclic amines) is 1. The Morgan fingerprint density at radius 3 is 2.73 bits per heavy atom. The standard InChI is InChI=1S/C15H19BrN4O5S/c1-8-3-4-11(16)18-12(8)19-13(21)9-5-15(7-17-26(2,24)25)6-10(15)20(9)14(22)23/h3-4,9-10,17H,5-7H2,1-2H3,(H,22,23)(H,18,19,21). The second-order valence-corrected chi connectivity index (χ2v) is 9.52. The highest BCUT2D eigenvalue weighted by Gasteiger charge is 2.67. The van der Waals surface area contributed by atoms with E-state index in [2.05, 4.69) is 31.0 Å². The van der Waals surface area contributed by atoms with Gasteiger partial charge in [-0.25, -0.2) is 22.9 Å². The average molecular weight is 447 g/mol. The zero-order valence-electron chi connectivity index (χ0n) is 14.2. The molecule has 1 aromatic heterocycles. The van der Waals surface area contributed by atoms with Crippen molar-refractivity contribution in [2.45, 2.75) is 31.8 Å². The maximum Gasteiger partial charge on any atom is 0.408 e. The molecule has 26 heavy (non-hydrogen) atoms. The molecule has 1 aromatic rings. The highest BCUT2D eigenvalue weighted by atomic mass is 79.9. The fraction of sp³-hybridized carbons (Fsp3) is 0.533. The summed E-state index contributed by atoms with van der Waals surface area (Å²) in [6.07, 6.45) is 0.676. The van der Waals surface area contributed by atoms with Crippen LogP contribution in [0.5, 0.6) is 0 Å². The first-order chi connectivity index (χ1) is 12.0. The molecule has 0 aromatic carbocycles. The molecule has 1 aliphatic carbocycles. The molecule has 9 nitrogen and oxygen atoms in total. The third-order valence-electron chi connectivity index (χ3n) is 4.93. The van der Waals surface area contributed by atoms with Gasteiger partial charge in [-0.1, -0.05) is 6.07 Å². The molecule has 3 unspecified atom stereocenters. The second kappa shape index (κ2) is 6.46. The minimum Gasteiger partial charge on any atom is -0.465 e. The maximum atomic E-state index is 12.7. The van der Waals surface area contributed by atoms with Crippen molar-refractivity contribution < 1.29 is 23.1 Å². The third kappa shape index (κ3) is 3.69. The van der Waals surface area contributed by atoms with Crippen molar-refractivity contribution in [2.24, 2.45) is 5.41 Å². The molecule has 2 amide bonds. The summed E-state index contributed by atoms with van der Waals surface area (Å²) in [6.45, 7) is 1.91. The molecule has 3 N–H and O–H groups in total. The van der Waals surface area contributed by atoms with Gasteiger partial charge < -0.3 is 10.4 Å². The number of pyridine rings is 1. The van der Waals surface area contributed by atoms with Crippen LogP contribution in [0.1, 0.15) is 18.4 Å². The summed E-state index contributed by atoms with van der Waals surface area (Å²) in [4.78, 5) is 29.7. The first-order valence-electron chi connectivity index (χ1n) is 7.92. The molecular formula is C15H19BrN4O5S. The van der Waals surface area contributed by atoms with Crippen LogP contribution >= 0.6 is 15.9 Å². The van der Waals surface area contributed by atoms with Crippen LogP contribution in [0.4, 0.5) is 10.6 Å². The number of aromatic nitrogens is 1. The molecular weight excluding hydrogens is 428 g/mol. The van der Waals surface area contributed by atoms with Crippen molar-refractivity contribution in [3.63, 3.8) is 0 Å². The summed E-state index contributed by atoms with van der Waals surface area (Å²) >= 11 is 3.24. The van der Waals surface area contributed by atoms with Crippen LogP contribution in [0.15, 0.2) is 16.7 Å². The van der Waals surface area contributed by atoms with Crippen LogP contribution in [0.3, 0.4) is 0 Å². The lowest BCUT2D eigenvalue weighted by Crippen LogP contribution is -2.45. The summed E-state index contributed by atoms with van der Waals surface area (Å²) in [6, 6.07) is 2.28. The summed E-state index contributed by atoms with van der Waals surface area (Å²) in [5.74, 6) is -0.106. The van der Waals surface area contributed by atoms with Gasteiger partial charge in [-0.3, -0.25) is 9.69 Å². The van der Waals surface area contributed by atoms with E-state index in [1.54, 1.807) is 19.1 Å². The number of amides is 2. The van der Waals surface area contributed by atoms with Crippen LogP contribution in [-0.4, -0.2) is 60.3 Å². The van der Waals surface area contributed by atoms with Crippen molar-refractivity contribution >= 4 is 43.8 Å². The minimum absolute atomic E-state index is 0.123. The molecule has 2 fully saturated rings. The number of carbonyl (C=O) groups excluding carboxylic acids is 1. The number of anilines is 1. The summed E-state index contributed by atoms with van der Waals surface area (Å²) in [7, 11) is -3.39. The van der Waals surface area contributed by atoms with Gasteiger partial charge in [0.15, 0.2) is 0 Å². The first-order valence-corrected chi connectivity index (χ1v) is 10.6. The van der Waals surface area contributed by atoms with E-state index in [1.807, 2.05) is 0 Å². The van der Waals surface area contributed by atoms with E-state index in [0.717, 1.165) is 16.7 Å². The number of rotatable bonds is 5. The molecule has 0 spiro atoms. The lowest BCUT2D eigenvalue weighted by Gasteiger charge is -2.24. The van der Waals surface area contributed by atoms with E-state index < -0.39 is 33.5 Å². The molecule has 3 rings (SSSR count). The number of hydrogen-bond acceptors (Lipinski definition) is 5. The van der Waals surface area contributed by atoms with Gasteiger partial charge in [0, 0.05) is 18.0 Å². The molecule has 1 saturated heterocycles. The van der Waals surface area contributed by atoms with Crippen molar-refractivity contribution in [2.75, 3.05) is 18.1 Å². The molecule has 142 valence electrons. The van der Waals surface area contributed by atoms with E-state index in [0.29, 0.717) is 16.8 Å². The first kappa shape index (κ1) is 19.1. The maximum absolute atomic E-state index is 12.7. The minimum atomic E-state index is -3.39. The number of fused-ring (bicyclic) bond motifs is 1. The number of sulfonamides is 1. The van der Waals surface area contributed by atoms with Crippen molar-refractivity contribution in [3.8, 4) is 0 Å². The number of piperidine rings is 1. The van der Waals surface area contributed by atoms with Crippen LogP contribution in [-0.2, 0) is 14.8 Å². The number of nitrogens with zero attached hydrogens (tertiary/aromatic N) is 2. The Morgan fingerprint density at radius 2 is 2.12 bits per heavy atom. The van der Waals surface area contributed by atoms with Crippen molar-refractivity contribution in [1.82, 2.24) is 14.6 Å². The quantitative estimate of drug-likeness (QED) is 0.581. The van der Waals surface area contributed by atoms with Gasteiger partial charge in [-0.2, -0.15) is 0 Å². The highest BCUT2D eigenvalue weighted by Crippen LogP contribution is 2.59. The zero-order valence-corrected chi connectivity index (χ0v) is 16.6. The summed E-state index contributed by atoms with van der Waals surface area (Å²) in [5.41, 5.74) is 0.225. The van der Waals surface area contributed by atoms with Crippen LogP contribution in [0.2, 0.25) is 0 Å². The molecule has 2 heterocycles. The van der Waals surface area contributed by atoms with Crippen LogP contribution in [0, 0.1) is 12.3 Å². The Labute approximate surface area is 159 Å². The second-order valence-electron chi connectivity index (χ2n) is 6.87. The molecule has 11 heteroatoms. The van der Waals surface area contributed by atoms with Gasteiger partial charge in [-0.05, 0) is 47.3 Å². The zero-order chi connectivity index (χ0) is 19.3. The lowest BCUT2D eigenvalue weighted by atomic mass is 9.99. The van der Waals surface area contributed by atoms with Gasteiger partial charge in [0.2, 0.25) is 15.9 Å². The van der Waals surface area contributed by atoms with Gasteiger partial charge in [0.05, 0.1) is 6.26 Å². The fourth-order valence-electron chi connectivity index (χ4n) is 3.49. The normalized spacial score (nSPS) is 27.1. The number of carbonyl (C=O) groups is 2. The molecule has 1 saturated carbocycles. The number of halogens is 1. The van der Waals surface area contributed by atoms with Gasteiger partial charge in [-0.15, -0.1) is 0 Å². The third-order valence-corrected chi connectivity index (χ3v) is 6.04. The topological polar surface area (TPSA) is 129 Å². The number of nitrogens with one attached hydrogen (secondary N) is 2. The van der Waals surface area contributed by atoms with Gasteiger partial charge in [0.1, 0.15) is 16.5 Å². The van der Waals surface area contributed by atoms with Crippen molar-refractivity contribution in [1.29, 1.82) is 0 Å². The van der Waals surface area contributed by atoms with Gasteiger partial charge >= 0.3 is 6.09 Å². The Kier molecular flexibility index (Phi) is 4.74. The predicted octanol–water partition coefficient (Wildman–Crippen LogP) is 1.15. The predicted molar refractivity (Wildman–Crippen MR) is 97.3 cm³/mol. The molecule has 0 bridgehead atoms. The Hall–Kier alpha value is -1.72. The fourth-order valence-corrected chi connectivity index (χ4v) is 4.35. The number of aryl methyl sites for hydroxylation is 1. The van der Waals surface area contributed by atoms with E-state index in [-0.39, 0.29) is 19.0 Å². The van der Waals surface area contributed by atoms with E-state index in [1.165, 1.54) is 0 Å². The van der Waals surface area contributed by atoms with Crippen LogP contribution < -0.4 is 10.0 Å². The van der Waals surface area contributed by atoms with Gasteiger partial charge in [0.25, 0.3) is 0 Å². The Morgan fingerprint density at radius 1 is 1.42 bits per heavy atom. The molecule has 0 radical (unpaired) electrons. The Bertz CT molecular complexity index is 877. The summed E-state index contributed by atoms with van der Waals surface area (Å²) in [5, 5.41) is 12.2. The van der Waals surface area contributed by atoms with E-state index >= 15 is 0 Å².